The first kappa shape index (κ1) is 15.3. The quantitative estimate of drug-likeness (QED) is 0.384. The molecule has 116 valence electrons. The summed E-state index contributed by atoms with van der Waals surface area (Å²) in [6.07, 6.45) is 1.50. The van der Waals surface area contributed by atoms with E-state index in [1.54, 1.807) is 18.2 Å². The third-order valence-corrected chi connectivity index (χ3v) is 3.55. The van der Waals surface area contributed by atoms with Gasteiger partial charge in [0, 0.05) is 10.6 Å². The molecule has 0 radical (unpaired) electrons. The Morgan fingerprint density at radius 3 is 2.74 bits per heavy atom. The number of aromatic nitrogens is 3. The van der Waals surface area contributed by atoms with E-state index in [2.05, 4.69) is 15.3 Å². The van der Waals surface area contributed by atoms with Gasteiger partial charge in [-0.3, -0.25) is 0 Å². The van der Waals surface area contributed by atoms with Crippen molar-refractivity contribution >= 4 is 30.0 Å². The highest BCUT2D eigenvalue weighted by Gasteiger charge is 2.08. The lowest BCUT2D eigenvalue weighted by molar-refractivity contribution is 0.403. The topological polar surface area (TPSA) is 86.4 Å². The van der Waals surface area contributed by atoms with E-state index in [1.165, 1.54) is 23.0 Å². The zero-order chi connectivity index (χ0) is 16.4. The molecular weight excluding hydrogens is 336 g/mol. The van der Waals surface area contributed by atoms with Crippen LogP contribution in [0, 0.1) is 4.77 Å². The molecule has 0 aliphatic rings. The summed E-state index contributed by atoms with van der Waals surface area (Å²) in [4.78, 5) is 0. The van der Waals surface area contributed by atoms with Gasteiger partial charge in [0.15, 0.2) is 17.3 Å². The van der Waals surface area contributed by atoms with Crippen LogP contribution in [-0.4, -0.2) is 31.3 Å². The molecule has 2 aromatic carbocycles. The molecule has 0 fully saturated rings. The molecule has 0 saturated heterocycles. The molecule has 0 unspecified atom stereocenters. The number of phenols is 2. The van der Waals surface area contributed by atoms with Crippen molar-refractivity contribution in [1.82, 2.24) is 14.9 Å². The van der Waals surface area contributed by atoms with Crippen molar-refractivity contribution in [3.8, 4) is 22.9 Å². The highest BCUT2D eigenvalue weighted by atomic mass is 35.5. The Kier molecular flexibility index (Phi) is 4.14. The minimum atomic E-state index is -0.222. The fraction of sp³-hybridized carbons (Fsp3) is 0. The molecular formula is C15H11ClN4O2S. The molecule has 0 atom stereocenters. The van der Waals surface area contributed by atoms with Gasteiger partial charge in [-0.15, -0.1) is 0 Å². The maximum atomic E-state index is 9.50. The van der Waals surface area contributed by atoms with Crippen molar-refractivity contribution in [2.45, 2.75) is 0 Å². The van der Waals surface area contributed by atoms with Crippen molar-refractivity contribution in [1.29, 1.82) is 0 Å². The average Bonchev–Trinajstić information content (AvgIpc) is 2.89. The lowest BCUT2D eigenvalue weighted by Gasteiger charge is -2.02. The lowest BCUT2D eigenvalue weighted by atomic mass is 10.2. The summed E-state index contributed by atoms with van der Waals surface area (Å²) in [5.41, 5.74) is 1.36. The van der Waals surface area contributed by atoms with E-state index in [1.807, 2.05) is 12.1 Å². The van der Waals surface area contributed by atoms with Crippen LogP contribution in [0.25, 0.3) is 11.4 Å². The van der Waals surface area contributed by atoms with E-state index >= 15 is 0 Å². The van der Waals surface area contributed by atoms with Crippen molar-refractivity contribution in [3.05, 3.63) is 57.8 Å². The van der Waals surface area contributed by atoms with Gasteiger partial charge in [0.1, 0.15) is 0 Å². The van der Waals surface area contributed by atoms with Gasteiger partial charge in [-0.05, 0) is 48.1 Å². The highest BCUT2D eigenvalue weighted by molar-refractivity contribution is 7.71. The second kappa shape index (κ2) is 6.23. The van der Waals surface area contributed by atoms with E-state index < -0.39 is 0 Å². The SMILES string of the molecule is Oc1ccc(/C=N/n2c(-c3cccc(Cl)c3)n[nH]c2=S)cc1O. The Balaban J connectivity index is 2.00. The second-order valence-corrected chi connectivity index (χ2v) is 5.49. The first-order valence-corrected chi connectivity index (χ1v) is 7.33. The van der Waals surface area contributed by atoms with Gasteiger partial charge in [0.25, 0.3) is 0 Å². The summed E-state index contributed by atoms with van der Waals surface area (Å²) >= 11 is 11.2. The largest absolute Gasteiger partial charge is 0.504 e. The van der Waals surface area contributed by atoms with Crippen LogP contribution >= 0.6 is 23.8 Å². The van der Waals surface area contributed by atoms with Gasteiger partial charge < -0.3 is 10.2 Å². The fourth-order valence-electron chi connectivity index (χ4n) is 1.96. The molecule has 0 saturated carbocycles. The van der Waals surface area contributed by atoms with E-state index in [-0.39, 0.29) is 11.5 Å². The monoisotopic (exact) mass is 346 g/mol. The Morgan fingerprint density at radius 2 is 2.00 bits per heavy atom. The Labute approximate surface area is 141 Å². The molecule has 3 rings (SSSR count). The number of nitrogens with zero attached hydrogens (tertiary/aromatic N) is 3. The van der Waals surface area contributed by atoms with Crippen LogP contribution in [-0.2, 0) is 0 Å². The molecule has 0 bridgehead atoms. The first-order valence-electron chi connectivity index (χ1n) is 6.54. The minimum Gasteiger partial charge on any atom is -0.504 e. The molecule has 0 spiro atoms. The summed E-state index contributed by atoms with van der Waals surface area (Å²) in [5, 5.41) is 30.5. The van der Waals surface area contributed by atoms with Crippen molar-refractivity contribution < 1.29 is 10.2 Å². The second-order valence-electron chi connectivity index (χ2n) is 4.67. The highest BCUT2D eigenvalue weighted by Crippen LogP contribution is 2.24. The van der Waals surface area contributed by atoms with Crippen LogP contribution in [0.5, 0.6) is 11.5 Å². The summed E-state index contributed by atoms with van der Waals surface area (Å²) in [5.74, 6) is 0.0956. The van der Waals surface area contributed by atoms with Crippen LogP contribution < -0.4 is 0 Å². The number of hydrogen-bond donors (Lipinski definition) is 3. The van der Waals surface area contributed by atoms with Crippen LogP contribution in [0.15, 0.2) is 47.6 Å². The number of halogens is 1. The molecule has 0 amide bonds. The van der Waals surface area contributed by atoms with Crippen LogP contribution in [0.3, 0.4) is 0 Å². The number of aromatic amines is 1. The molecule has 3 aromatic rings. The molecule has 0 aliphatic carbocycles. The molecule has 1 aromatic heterocycles. The molecule has 0 aliphatic heterocycles. The zero-order valence-electron chi connectivity index (χ0n) is 11.6. The lowest BCUT2D eigenvalue weighted by Crippen LogP contribution is -1.95. The summed E-state index contributed by atoms with van der Waals surface area (Å²) in [6, 6.07) is 11.5. The van der Waals surface area contributed by atoms with Crippen LogP contribution in [0.2, 0.25) is 5.02 Å². The molecule has 8 heteroatoms. The number of phenolic OH excluding ortho intramolecular Hbond substituents is 2. The van der Waals surface area contributed by atoms with Gasteiger partial charge in [-0.25, -0.2) is 5.10 Å². The number of benzene rings is 2. The number of aromatic hydroxyl groups is 2. The van der Waals surface area contributed by atoms with E-state index in [0.717, 1.165) is 5.56 Å². The fourth-order valence-corrected chi connectivity index (χ4v) is 2.33. The Hall–Kier alpha value is -2.64. The summed E-state index contributed by atoms with van der Waals surface area (Å²) in [7, 11) is 0. The third kappa shape index (κ3) is 3.25. The van der Waals surface area contributed by atoms with Crippen molar-refractivity contribution in [3.63, 3.8) is 0 Å². The van der Waals surface area contributed by atoms with Gasteiger partial charge in [0.05, 0.1) is 6.21 Å². The average molecular weight is 347 g/mol. The summed E-state index contributed by atoms with van der Waals surface area (Å²) < 4.78 is 1.77. The van der Waals surface area contributed by atoms with Crippen LogP contribution in [0.4, 0.5) is 0 Å². The number of hydrogen-bond acceptors (Lipinski definition) is 5. The Morgan fingerprint density at radius 1 is 1.17 bits per heavy atom. The van der Waals surface area contributed by atoms with E-state index in [9.17, 15) is 10.2 Å². The van der Waals surface area contributed by atoms with Gasteiger partial charge >= 0.3 is 0 Å². The first-order chi connectivity index (χ1) is 11.0. The van der Waals surface area contributed by atoms with E-state index in [0.29, 0.717) is 21.2 Å². The number of rotatable bonds is 3. The summed E-state index contributed by atoms with van der Waals surface area (Å²) in [6.45, 7) is 0. The standard InChI is InChI=1S/C15H11ClN4O2S/c16-11-3-1-2-10(7-11)14-18-19-15(23)20(14)17-8-9-4-5-12(21)13(22)6-9/h1-8,21-22H,(H,19,23)/b17-8+. The van der Waals surface area contributed by atoms with Gasteiger partial charge in [-0.2, -0.15) is 14.9 Å². The third-order valence-electron chi connectivity index (χ3n) is 3.06. The number of nitrogens with one attached hydrogen (secondary N) is 1. The maximum absolute atomic E-state index is 9.50. The van der Waals surface area contributed by atoms with Crippen molar-refractivity contribution in [2.24, 2.45) is 5.10 Å². The smallest absolute Gasteiger partial charge is 0.216 e. The van der Waals surface area contributed by atoms with Crippen LogP contribution in [0.1, 0.15) is 5.56 Å². The van der Waals surface area contributed by atoms with Gasteiger partial charge in [0.2, 0.25) is 4.77 Å². The zero-order valence-corrected chi connectivity index (χ0v) is 13.2. The van der Waals surface area contributed by atoms with E-state index in [4.69, 9.17) is 23.8 Å². The predicted octanol–water partition coefficient (Wildman–Crippen LogP) is 3.55. The normalized spacial score (nSPS) is 11.2. The molecule has 1 heterocycles. The molecule has 6 nitrogen and oxygen atoms in total. The number of H-pyrrole nitrogens is 1. The molecule has 3 N–H and O–H groups in total. The molecule has 23 heavy (non-hydrogen) atoms. The maximum Gasteiger partial charge on any atom is 0.216 e. The predicted molar refractivity (Wildman–Crippen MR) is 90.6 cm³/mol. The minimum absolute atomic E-state index is 0.193. The van der Waals surface area contributed by atoms with Gasteiger partial charge in [-0.1, -0.05) is 23.7 Å². The Bertz CT molecular complexity index is 949. The van der Waals surface area contributed by atoms with Crippen molar-refractivity contribution in [2.75, 3.05) is 0 Å².